The van der Waals surface area contributed by atoms with Crippen molar-refractivity contribution in [3.05, 3.63) is 54.1 Å². The van der Waals surface area contributed by atoms with Gasteiger partial charge in [0, 0.05) is 19.2 Å². The molecule has 7 heteroatoms. The van der Waals surface area contributed by atoms with Gasteiger partial charge in [-0.05, 0) is 54.8 Å². The number of hydrogen-bond donors (Lipinski definition) is 2. The van der Waals surface area contributed by atoms with Gasteiger partial charge in [0.05, 0.1) is 12.0 Å². The number of sulfonamides is 1. The minimum atomic E-state index is -3.56. The van der Waals surface area contributed by atoms with Crippen LogP contribution in [0.1, 0.15) is 18.9 Å². The van der Waals surface area contributed by atoms with Crippen LogP contribution in [0.3, 0.4) is 0 Å². The highest BCUT2D eigenvalue weighted by molar-refractivity contribution is 7.89. The molecular weight excluding hydrogens is 340 g/mol. The number of nitrogens with one attached hydrogen (secondary N) is 2. The Kier molecular flexibility index (Phi) is 6.55. The molecular formula is C18H22N2O4S. The van der Waals surface area contributed by atoms with Gasteiger partial charge in [0.25, 0.3) is 0 Å². The van der Waals surface area contributed by atoms with Crippen molar-refractivity contribution in [3.63, 3.8) is 0 Å². The van der Waals surface area contributed by atoms with E-state index in [0.29, 0.717) is 18.7 Å². The van der Waals surface area contributed by atoms with Gasteiger partial charge in [-0.2, -0.15) is 0 Å². The van der Waals surface area contributed by atoms with Crippen LogP contribution in [0.25, 0.3) is 0 Å². The first kappa shape index (κ1) is 19.0. The molecule has 0 atom stereocenters. The molecule has 25 heavy (non-hydrogen) atoms. The van der Waals surface area contributed by atoms with E-state index >= 15 is 0 Å². The molecule has 1 amide bonds. The number of carbonyl (C=O) groups excluding carboxylic acids is 1. The van der Waals surface area contributed by atoms with E-state index in [1.54, 1.807) is 19.2 Å². The van der Waals surface area contributed by atoms with Crippen molar-refractivity contribution < 1.29 is 17.9 Å². The summed E-state index contributed by atoms with van der Waals surface area (Å²) in [6.07, 6.45) is 1.43. The van der Waals surface area contributed by atoms with Gasteiger partial charge >= 0.3 is 0 Å². The van der Waals surface area contributed by atoms with Crippen molar-refractivity contribution in [1.82, 2.24) is 4.72 Å². The quantitative estimate of drug-likeness (QED) is 0.707. The molecule has 2 aromatic rings. The van der Waals surface area contributed by atoms with Crippen molar-refractivity contribution >= 4 is 21.6 Å². The number of anilines is 1. The molecule has 0 aliphatic rings. The number of benzene rings is 2. The molecule has 2 rings (SSSR count). The Labute approximate surface area is 148 Å². The second-order valence-electron chi connectivity index (χ2n) is 5.56. The van der Waals surface area contributed by atoms with Crippen molar-refractivity contribution in [3.8, 4) is 5.75 Å². The third-order valence-corrected chi connectivity index (χ3v) is 5.03. The standard InChI is InChI=1S/C18H22N2O4S/c1-14(21)20-16-8-10-18(11-9-16)25(22,23)19-12-4-6-15-5-3-7-17(13-15)24-2/h3,5,7-11,13,19H,4,6,12H2,1-2H3,(H,20,21). The third kappa shape index (κ3) is 5.88. The van der Waals surface area contributed by atoms with Crippen LogP contribution in [-0.4, -0.2) is 28.0 Å². The molecule has 134 valence electrons. The predicted molar refractivity (Wildman–Crippen MR) is 97.2 cm³/mol. The van der Waals surface area contributed by atoms with E-state index in [1.165, 1.54) is 19.1 Å². The van der Waals surface area contributed by atoms with E-state index in [2.05, 4.69) is 10.0 Å². The van der Waals surface area contributed by atoms with Gasteiger partial charge < -0.3 is 10.1 Å². The second-order valence-corrected chi connectivity index (χ2v) is 7.33. The first-order valence-corrected chi connectivity index (χ1v) is 9.39. The van der Waals surface area contributed by atoms with Gasteiger partial charge in [-0.3, -0.25) is 4.79 Å². The molecule has 0 radical (unpaired) electrons. The van der Waals surface area contributed by atoms with Crippen LogP contribution in [0.2, 0.25) is 0 Å². The number of hydrogen-bond acceptors (Lipinski definition) is 4. The number of ether oxygens (including phenoxy) is 1. The predicted octanol–water partition coefficient (Wildman–Crippen LogP) is 2.56. The number of rotatable bonds is 8. The summed E-state index contributed by atoms with van der Waals surface area (Å²) in [7, 11) is -1.94. The molecule has 0 heterocycles. The van der Waals surface area contributed by atoms with E-state index in [-0.39, 0.29) is 10.8 Å². The van der Waals surface area contributed by atoms with E-state index < -0.39 is 10.0 Å². The molecule has 0 spiro atoms. The Morgan fingerprint density at radius 1 is 1.12 bits per heavy atom. The topological polar surface area (TPSA) is 84.5 Å². The Morgan fingerprint density at radius 3 is 2.48 bits per heavy atom. The average Bonchev–Trinajstić information content (AvgIpc) is 2.59. The Bertz CT molecular complexity index is 817. The molecule has 6 nitrogen and oxygen atoms in total. The fourth-order valence-electron chi connectivity index (χ4n) is 2.33. The van der Waals surface area contributed by atoms with Crippen LogP contribution in [0.4, 0.5) is 5.69 Å². The minimum Gasteiger partial charge on any atom is -0.497 e. The normalized spacial score (nSPS) is 11.1. The summed E-state index contributed by atoms with van der Waals surface area (Å²) >= 11 is 0. The molecule has 0 aliphatic heterocycles. The maximum Gasteiger partial charge on any atom is 0.240 e. The van der Waals surface area contributed by atoms with Crippen molar-refractivity contribution in [1.29, 1.82) is 0 Å². The maximum atomic E-state index is 12.3. The third-order valence-electron chi connectivity index (χ3n) is 3.55. The molecule has 2 aromatic carbocycles. The zero-order valence-corrected chi connectivity index (χ0v) is 15.1. The Morgan fingerprint density at radius 2 is 1.84 bits per heavy atom. The monoisotopic (exact) mass is 362 g/mol. The van der Waals surface area contributed by atoms with E-state index in [9.17, 15) is 13.2 Å². The lowest BCUT2D eigenvalue weighted by Gasteiger charge is -2.08. The average molecular weight is 362 g/mol. The molecule has 0 bridgehead atoms. The van der Waals surface area contributed by atoms with Gasteiger partial charge in [0.15, 0.2) is 0 Å². The Balaban J connectivity index is 1.87. The van der Waals surface area contributed by atoms with Crippen molar-refractivity contribution in [2.24, 2.45) is 0 Å². The maximum absolute atomic E-state index is 12.3. The van der Waals surface area contributed by atoms with E-state index in [4.69, 9.17) is 4.74 Å². The zero-order valence-electron chi connectivity index (χ0n) is 14.3. The van der Waals surface area contributed by atoms with Crippen LogP contribution in [-0.2, 0) is 21.2 Å². The van der Waals surface area contributed by atoms with E-state index in [0.717, 1.165) is 17.7 Å². The van der Waals surface area contributed by atoms with Crippen molar-refractivity contribution in [2.45, 2.75) is 24.7 Å². The summed E-state index contributed by atoms with van der Waals surface area (Å²) in [5.41, 5.74) is 1.66. The van der Waals surface area contributed by atoms with Gasteiger partial charge in [0.1, 0.15) is 5.75 Å². The smallest absolute Gasteiger partial charge is 0.240 e. The minimum absolute atomic E-state index is 0.169. The fourth-order valence-corrected chi connectivity index (χ4v) is 3.41. The summed E-state index contributed by atoms with van der Waals surface area (Å²) in [6, 6.07) is 13.8. The molecule has 0 aromatic heterocycles. The van der Waals surface area contributed by atoms with Gasteiger partial charge in [-0.1, -0.05) is 12.1 Å². The molecule has 0 saturated heterocycles. The highest BCUT2D eigenvalue weighted by Gasteiger charge is 2.13. The van der Waals surface area contributed by atoms with Crippen LogP contribution in [0.5, 0.6) is 5.75 Å². The van der Waals surface area contributed by atoms with Crippen LogP contribution < -0.4 is 14.8 Å². The van der Waals surface area contributed by atoms with Crippen molar-refractivity contribution in [2.75, 3.05) is 19.0 Å². The zero-order chi connectivity index (χ0) is 18.3. The van der Waals surface area contributed by atoms with Gasteiger partial charge in [-0.25, -0.2) is 13.1 Å². The molecule has 0 aliphatic carbocycles. The lowest BCUT2D eigenvalue weighted by atomic mass is 10.1. The van der Waals surface area contributed by atoms with E-state index in [1.807, 2.05) is 24.3 Å². The molecule has 2 N–H and O–H groups in total. The first-order chi connectivity index (χ1) is 11.9. The summed E-state index contributed by atoms with van der Waals surface area (Å²) < 4.78 is 32.3. The molecule has 0 unspecified atom stereocenters. The highest BCUT2D eigenvalue weighted by Crippen LogP contribution is 2.15. The highest BCUT2D eigenvalue weighted by atomic mass is 32.2. The second kappa shape index (κ2) is 8.64. The number of carbonyl (C=O) groups is 1. The van der Waals surface area contributed by atoms with Gasteiger partial charge in [0.2, 0.25) is 15.9 Å². The number of methoxy groups -OCH3 is 1. The molecule has 0 fully saturated rings. The lowest BCUT2D eigenvalue weighted by molar-refractivity contribution is -0.114. The Hall–Kier alpha value is -2.38. The summed E-state index contributed by atoms with van der Waals surface area (Å²) in [5, 5.41) is 2.60. The van der Waals surface area contributed by atoms with Crippen LogP contribution >= 0.6 is 0 Å². The van der Waals surface area contributed by atoms with Crippen LogP contribution in [0, 0.1) is 0 Å². The fraction of sp³-hybridized carbons (Fsp3) is 0.278. The number of aryl methyl sites for hydroxylation is 1. The van der Waals surface area contributed by atoms with Gasteiger partial charge in [-0.15, -0.1) is 0 Å². The summed E-state index contributed by atoms with van der Waals surface area (Å²) in [6.45, 7) is 1.74. The number of amides is 1. The first-order valence-electron chi connectivity index (χ1n) is 7.91. The summed E-state index contributed by atoms with van der Waals surface area (Å²) in [5.74, 6) is 0.587. The summed E-state index contributed by atoms with van der Waals surface area (Å²) in [4.78, 5) is 11.1. The lowest BCUT2D eigenvalue weighted by Crippen LogP contribution is -2.25. The largest absolute Gasteiger partial charge is 0.497 e. The SMILES string of the molecule is COc1cccc(CCCNS(=O)(=O)c2ccc(NC(C)=O)cc2)c1. The molecule has 0 saturated carbocycles. The van der Waals surface area contributed by atoms with Crippen LogP contribution in [0.15, 0.2) is 53.4 Å².